The molecule has 0 spiro atoms. The van der Waals surface area contributed by atoms with Crippen LogP contribution in [0.15, 0.2) is 194 Å². The summed E-state index contributed by atoms with van der Waals surface area (Å²) in [4.78, 5) is 32.3. The summed E-state index contributed by atoms with van der Waals surface area (Å²) in [5.41, 5.74) is 9.20. The van der Waals surface area contributed by atoms with E-state index in [2.05, 4.69) is 86.6 Å². The SMILES string of the molecule is BrCCCCCCCCCCCCBr.O=C(O)c1ccc(O)cc1.[C-]#[N+]c1ccc(-c2ccc(O)cc2)cc1.[C-]#[N+]c1ccc(-c2ccc(OCCCCCCCCCCCCBr)cc2)cc1.[C-]#[N+]c1ccc(-c2ccc(OCCCCCCCCCCCCOC(=O)c3ccc(O)cc3)cc2)cc1. The number of carboxylic acid groups (broad SMARTS) is 1. The summed E-state index contributed by atoms with van der Waals surface area (Å²) in [6, 6.07) is 57.6. The van der Waals surface area contributed by atoms with E-state index in [9.17, 15) is 14.7 Å². The first-order valence-corrected chi connectivity index (χ1v) is 40.6. The van der Waals surface area contributed by atoms with Gasteiger partial charge in [0.25, 0.3) is 0 Å². The molecule has 0 radical (unpaired) electrons. The number of alkyl halides is 3. The molecule has 4 N–H and O–H groups in total. The number of aromatic hydroxyl groups is 3. The van der Waals surface area contributed by atoms with Crippen molar-refractivity contribution in [1.29, 1.82) is 0 Å². The number of ether oxygens (including phenoxy) is 3. The van der Waals surface area contributed by atoms with Crippen molar-refractivity contribution >= 4 is 76.8 Å². The normalized spacial score (nSPS) is 10.3. The molecule has 15 heteroatoms. The Labute approximate surface area is 646 Å². The summed E-state index contributed by atoms with van der Waals surface area (Å²) in [7, 11) is 0. The Kier molecular flexibility index (Phi) is 49.0. The Morgan fingerprint density at radius 2 is 0.490 bits per heavy atom. The molecule has 0 bridgehead atoms. The lowest BCUT2D eigenvalue weighted by Crippen LogP contribution is -2.06. The predicted molar refractivity (Wildman–Crippen MR) is 440 cm³/mol. The van der Waals surface area contributed by atoms with Crippen molar-refractivity contribution in [2.75, 3.05) is 35.8 Å². The third-order valence-corrected chi connectivity index (χ3v) is 18.8. The second-order valence-electron chi connectivity index (χ2n) is 25.5. The van der Waals surface area contributed by atoms with Gasteiger partial charge in [-0.25, -0.2) is 24.1 Å². The Hall–Kier alpha value is -8.39. The molecule has 8 aromatic carbocycles. The number of hydrogen-bond acceptors (Lipinski definition) is 8. The van der Waals surface area contributed by atoms with E-state index < -0.39 is 5.97 Å². The highest BCUT2D eigenvalue weighted by atomic mass is 79.9. The van der Waals surface area contributed by atoms with Gasteiger partial charge in [0.05, 0.1) is 50.7 Å². The number of unbranched alkanes of at least 4 members (excludes halogenated alkanes) is 27. The smallest absolute Gasteiger partial charge is 0.338 e. The van der Waals surface area contributed by atoms with E-state index in [1.165, 1.54) is 214 Å². The average molecular weight is 1600 g/mol. The number of benzene rings is 8. The third-order valence-electron chi connectivity index (χ3n) is 17.1. The van der Waals surface area contributed by atoms with Gasteiger partial charge in [-0.1, -0.05) is 311 Å². The van der Waals surface area contributed by atoms with Crippen molar-refractivity contribution in [3.05, 3.63) is 240 Å². The molecule has 104 heavy (non-hydrogen) atoms. The molecule has 12 nitrogen and oxygen atoms in total. The summed E-state index contributed by atoms with van der Waals surface area (Å²) in [6.07, 6.45) is 39.2. The van der Waals surface area contributed by atoms with E-state index in [1.807, 2.05) is 97.1 Å². The van der Waals surface area contributed by atoms with Gasteiger partial charge in [-0.15, -0.1) is 0 Å². The van der Waals surface area contributed by atoms with Crippen molar-refractivity contribution in [2.45, 2.75) is 193 Å². The number of phenols is 3. The monoisotopic (exact) mass is 1600 g/mol. The van der Waals surface area contributed by atoms with Gasteiger partial charge in [0, 0.05) is 16.0 Å². The van der Waals surface area contributed by atoms with Crippen LogP contribution in [0.4, 0.5) is 17.1 Å². The summed E-state index contributed by atoms with van der Waals surface area (Å²) in [5.74, 6) is 0.998. The number of rotatable bonds is 43. The van der Waals surface area contributed by atoms with Crippen LogP contribution < -0.4 is 9.47 Å². The summed E-state index contributed by atoms with van der Waals surface area (Å²) < 4.78 is 17.0. The number of hydrogen-bond donors (Lipinski definition) is 4. The van der Waals surface area contributed by atoms with Gasteiger partial charge >= 0.3 is 11.9 Å². The van der Waals surface area contributed by atoms with Gasteiger partial charge in [0.1, 0.15) is 28.7 Å². The van der Waals surface area contributed by atoms with E-state index in [4.69, 9.17) is 49.2 Å². The summed E-state index contributed by atoms with van der Waals surface area (Å²) in [5, 5.41) is 39.1. The number of carbonyl (C=O) groups is 2. The quantitative estimate of drug-likeness (QED) is 0.0126. The maximum Gasteiger partial charge on any atom is 0.338 e. The fourth-order valence-corrected chi connectivity index (χ4v) is 12.2. The zero-order valence-electron chi connectivity index (χ0n) is 60.7. The molecule has 8 aromatic rings. The van der Waals surface area contributed by atoms with Gasteiger partial charge in [-0.2, -0.15) is 0 Å². The van der Waals surface area contributed by atoms with Crippen molar-refractivity contribution < 1.29 is 44.2 Å². The lowest BCUT2D eigenvalue weighted by Gasteiger charge is -2.08. The number of halogens is 3. The van der Waals surface area contributed by atoms with Crippen LogP contribution in [0.5, 0.6) is 28.7 Å². The molecule has 0 fully saturated rings. The second-order valence-corrected chi connectivity index (χ2v) is 27.9. The lowest BCUT2D eigenvalue weighted by molar-refractivity contribution is 0.0497. The Bertz CT molecular complexity index is 3620. The van der Waals surface area contributed by atoms with Crippen LogP contribution in [-0.4, -0.2) is 68.2 Å². The summed E-state index contributed by atoms with van der Waals surface area (Å²) in [6.45, 7) is 22.9. The lowest BCUT2D eigenvalue weighted by atomic mass is 10.1. The molecule has 0 aliphatic heterocycles. The Balaban J connectivity index is 0.000000298. The number of nitrogens with zero attached hydrogens (tertiary/aromatic N) is 3. The second kappa shape index (κ2) is 57.9. The standard InChI is InChI=1S/C32H37NO4.C25H32BrNO.C13H9NO.C12H24Br2.C7H6O3/c1-33-29-18-12-26(13-19-29)27-16-22-31(23-17-27)36-24-10-8-6-4-2-3-5-7-9-11-25-37-32(35)28-14-20-30(34)21-15-28;1-27-24-16-12-22(13-17-24)23-14-18-25(19-15-23)28-21-11-9-7-5-3-2-4-6-8-10-20-26;1-14-12-6-2-10(3-7-12)11-4-8-13(15)9-5-11;13-11-9-7-5-3-1-2-4-6-8-10-12-14;8-6-3-1-5(2-4-6)7(9)10/h12-23,34H,2-11,24-25H2;12-19H,2-11,20-21H2;2-9,15H;1-12H2;1-4,8H,(H,9,10). The number of aromatic carboxylic acids is 1. The predicted octanol–water partition coefficient (Wildman–Crippen LogP) is 27.7. The van der Waals surface area contributed by atoms with Crippen LogP contribution in [0.3, 0.4) is 0 Å². The maximum absolute atomic E-state index is 11.9. The fourth-order valence-electron chi connectivity index (χ4n) is 11.0. The van der Waals surface area contributed by atoms with Crippen molar-refractivity contribution in [3.8, 4) is 62.1 Å². The van der Waals surface area contributed by atoms with Crippen molar-refractivity contribution in [1.82, 2.24) is 0 Å². The highest BCUT2D eigenvalue weighted by Gasteiger charge is 2.08. The molecule has 8 rings (SSSR count). The van der Waals surface area contributed by atoms with Crippen LogP contribution in [0, 0.1) is 19.7 Å². The number of phenolic OH excluding ortho intramolecular Hbond substituents is 3. The number of esters is 1. The first-order chi connectivity index (χ1) is 50.9. The first-order valence-electron chi connectivity index (χ1n) is 37.2. The van der Waals surface area contributed by atoms with E-state index in [1.54, 1.807) is 36.4 Å². The van der Waals surface area contributed by atoms with Crippen LogP contribution in [-0.2, 0) is 4.74 Å². The first kappa shape index (κ1) is 88.0. The largest absolute Gasteiger partial charge is 0.508 e. The molecule has 0 aromatic heterocycles. The summed E-state index contributed by atoms with van der Waals surface area (Å²) >= 11 is 10.4. The Morgan fingerprint density at radius 3 is 0.740 bits per heavy atom. The van der Waals surface area contributed by atoms with Gasteiger partial charge in [-0.05, 0) is 157 Å². The van der Waals surface area contributed by atoms with Crippen molar-refractivity contribution in [3.63, 3.8) is 0 Å². The zero-order chi connectivity index (χ0) is 74.7. The average Bonchev–Trinajstić information content (AvgIpc) is 0.896. The molecule has 0 heterocycles. The van der Waals surface area contributed by atoms with E-state index in [0.29, 0.717) is 29.2 Å². The molecule has 0 unspecified atom stereocenters. The molecule has 0 atom stereocenters. The minimum absolute atomic E-state index is 0.0741. The van der Waals surface area contributed by atoms with Gasteiger partial charge in [0.15, 0.2) is 17.1 Å². The molecule has 0 aliphatic rings. The molecule has 0 saturated heterocycles. The fraction of sp³-hybridized carbons (Fsp3) is 0.404. The van der Waals surface area contributed by atoms with E-state index >= 15 is 0 Å². The van der Waals surface area contributed by atoms with Crippen LogP contribution in [0.25, 0.3) is 47.9 Å². The Morgan fingerprint density at radius 1 is 0.279 bits per heavy atom. The molecule has 554 valence electrons. The minimum atomic E-state index is -0.986. The van der Waals surface area contributed by atoms with E-state index in [0.717, 1.165) is 89.1 Å². The highest BCUT2D eigenvalue weighted by Crippen LogP contribution is 2.29. The maximum atomic E-state index is 11.9. The van der Waals surface area contributed by atoms with Crippen LogP contribution in [0.1, 0.15) is 213 Å². The number of carbonyl (C=O) groups excluding carboxylic acids is 1. The van der Waals surface area contributed by atoms with Gasteiger partial charge in [0.2, 0.25) is 0 Å². The molecule has 0 saturated carbocycles. The molecule has 0 aliphatic carbocycles. The van der Waals surface area contributed by atoms with Crippen LogP contribution >= 0.6 is 47.8 Å². The van der Waals surface area contributed by atoms with E-state index in [-0.39, 0.29) is 28.8 Å². The zero-order valence-corrected chi connectivity index (χ0v) is 65.5. The van der Waals surface area contributed by atoms with Crippen molar-refractivity contribution in [2.24, 2.45) is 0 Å². The van der Waals surface area contributed by atoms with Crippen LogP contribution in [0.2, 0.25) is 0 Å². The highest BCUT2D eigenvalue weighted by molar-refractivity contribution is 9.09. The van der Waals surface area contributed by atoms with Gasteiger partial charge < -0.3 is 34.6 Å². The molecular weight excluding hydrogens is 1490 g/mol. The minimum Gasteiger partial charge on any atom is -0.508 e. The number of carboxylic acids is 1. The van der Waals surface area contributed by atoms with Gasteiger partial charge in [-0.3, -0.25) is 0 Å². The third kappa shape index (κ3) is 41.2. The molecule has 0 amide bonds. The molecular formula is C89H108Br3N3O9. The topological polar surface area (TPSA) is 156 Å².